The molecule has 1 aliphatic rings. The molecule has 0 amide bonds. The Labute approximate surface area is 199 Å². The number of likely N-dealkylation sites (tertiary alicyclic amines) is 1. The van der Waals surface area contributed by atoms with Crippen molar-refractivity contribution < 1.29 is 14.2 Å². The van der Waals surface area contributed by atoms with E-state index in [1.165, 1.54) is 19.4 Å². The maximum absolute atomic E-state index is 5.46. The van der Waals surface area contributed by atoms with Gasteiger partial charge in [-0.05, 0) is 63.0 Å². The van der Waals surface area contributed by atoms with E-state index in [0.717, 1.165) is 40.0 Å². The number of anilines is 1. The quantitative estimate of drug-likeness (QED) is 0.499. The van der Waals surface area contributed by atoms with Crippen molar-refractivity contribution in [3.63, 3.8) is 0 Å². The normalized spacial score (nSPS) is 16.6. The van der Waals surface area contributed by atoms with Crippen molar-refractivity contribution in [2.75, 3.05) is 46.8 Å². The van der Waals surface area contributed by atoms with Crippen LogP contribution in [0.1, 0.15) is 24.1 Å². The van der Waals surface area contributed by atoms with Gasteiger partial charge in [0.1, 0.15) is 5.69 Å². The molecule has 8 nitrogen and oxygen atoms in total. The lowest BCUT2D eigenvalue weighted by molar-refractivity contribution is 0.191. The van der Waals surface area contributed by atoms with Gasteiger partial charge in [0.15, 0.2) is 16.6 Å². The number of rotatable bonds is 9. The number of thiazole rings is 1. The van der Waals surface area contributed by atoms with E-state index < -0.39 is 0 Å². The van der Waals surface area contributed by atoms with Crippen LogP contribution in [-0.2, 0) is 13.1 Å². The number of nitrogens with zero attached hydrogens (tertiary/aromatic N) is 4. The molecule has 1 N–H and O–H groups in total. The summed E-state index contributed by atoms with van der Waals surface area (Å²) >= 11 is 1.63. The van der Waals surface area contributed by atoms with Crippen molar-refractivity contribution in [2.45, 2.75) is 32.9 Å². The lowest BCUT2D eigenvalue weighted by atomic mass is 9.99. The SMILES string of the molecule is COc1cc(CNc2nc(C)c(-c3ccn(C[C@H]4CCCN(C)C4)n3)s2)cc(OC)c1OC. The molecule has 2 aromatic heterocycles. The van der Waals surface area contributed by atoms with Gasteiger partial charge in [-0.25, -0.2) is 4.98 Å². The fourth-order valence-corrected chi connectivity index (χ4v) is 5.32. The van der Waals surface area contributed by atoms with Crippen LogP contribution in [0, 0.1) is 12.8 Å². The van der Waals surface area contributed by atoms with E-state index in [1.54, 1.807) is 32.7 Å². The first-order valence-corrected chi connectivity index (χ1v) is 12.0. The molecule has 0 saturated carbocycles. The van der Waals surface area contributed by atoms with Crippen LogP contribution in [0.3, 0.4) is 0 Å². The summed E-state index contributed by atoms with van der Waals surface area (Å²) in [7, 11) is 7.05. The van der Waals surface area contributed by atoms with Crippen LogP contribution in [0.4, 0.5) is 5.13 Å². The number of aryl methyl sites for hydroxylation is 1. The average Bonchev–Trinajstić information content (AvgIpc) is 3.42. The number of hydrogen-bond donors (Lipinski definition) is 1. The third-order valence-corrected chi connectivity index (χ3v) is 7.14. The molecule has 0 spiro atoms. The molecular formula is C24H33N5O3S. The molecule has 0 unspecified atom stereocenters. The van der Waals surface area contributed by atoms with Gasteiger partial charge in [-0.3, -0.25) is 4.68 Å². The van der Waals surface area contributed by atoms with Crippen LogP contribution in [-0.4, -0.2) is 61.1 Å². The number of methoxy groups -OCH3 is 3. The van der Waals surface area contributed by atoms with Gasteiger partial charge in [-0.1, -0.05) is 11.3 Å². The third-order valence-electron chi connectivity index (χ3n) is 6.01. The van der Waals surface area contributed by atoms with E-state index in [9.17, 15) is 0 Å². The van der Waals surface area contributed by atoms with Gasteiger partial charge < -0.3 is 24.4 Å². The minimum Gasteiger partial charge on any atom is -0.493 e. The standard InChI is InChI=1S/C24H33N5O3S/c1-16-23(19-8-10-29(27-19)15-17-7-6-9-28(2)14-17)33-24(26-16)25-13-18-11-20(30-3)22(32-5)21(12-18)31-4/h8,10-12,17H,6-7,9,13-15H2,1-5H3,(H,25,26)/t17-/m0/s1. The minimum atomic E-state index is 0.589. The van der Waals surface area contributed by atoms with Crippen molar-refractivity contribution in [3.05, 3.63) is 35.7 Å². The van der Waals surface area contributed by atoms with E-state index in [4.69, 9.17) is 24.3 Å². The fourth-order valence-electron chi connectivity index (χ4n) is 4.40. The Morgan fingerprint density at radius 3 is 2.58 bits per heavy atom. The summed E-state index contributed by atoms with van der Waals surface area (Å²) in [5.41, 5.74) is 2.98. The highest BCUT2D eigenvalue weighted by Crippen LogP contribution is 2.38. The summed E-state index contributed by atoms with van der Waals surface area (Å²) in [5.74, 6) is 2.53. The molecule has 1 aliphatic heterocycles. The Bertz CT molecular complexity index is 1050. The molecular weight excluding hydrogens is 438 g/mol. The van der Waals surface area contributed by atoms with Crippen LogP contribution >= 0.6 is 11.3 Å². The topological polar surface area (TPSA) is 73.7 Å². The molecule has 178 valence electrons. The van der Waals surface area contributed by atoms with Crippen LogP contribution in [0.15, 0.2) is 24.4 Å². The van der Waals surface area contributed by atoms with Gasteiger partial charge in [0.25, 0.3) is 0 Å². The van der Waals surface area contributed by atoms with Crippen molar-refractivity contribution in [3.8, 4) is 27.8 Å². The van der Waals surface area contributed by atoms with Crippen LogP contribution in [0.2, 0.25) is 0 Å². The lowest BCUT2D eigenvalue weighted by Crippen LogP contribution is -2.34. The molecule has 0 bridgehead atoms. The van der Waals surface area contributed by atoms with Gasteiger partial charge in [0.2, 0.25) is 5.75 Å². The number of ether oxygens (including phenoxy) is 3. The van der Waals surface area contributed by atoms with Gasteiger partial charge in [-0.2, -0.15) is 5.10 Å². The first-order chi connectivity index (χ1) is 16.0. The van der Waals surface area contributed by atoms with Crippen LogP contribution in [0.25, 0.3) is 10.6 Å². The summed E-state index contributed by atoms with van der Waals surface area (Å²) in [6.07, 6.45) is 4.63. The first-order valence-electron chi connectivity index (χ1n) is 11.2. The Morgan fingerprint density at radius 2 is 1.91 bits per heavy atom. The Morgan fingerprint density at radius 1 is 1.15 bits per heavy atom. The van der Waals surface area contributed by atoms with Gasteiger partial charge in [0, 0.05) is 25.8 Å². The molecule has 3 aromatic rings. The van der Waals surface area contributed by atoms with Crippen LogP contribution in [0.5, 0.6) is 17.2 Å². The lowest BCUT2D eigenvalue weighted by Gasteiger charge is -2.29. The Kier molecular flexibility index (Phi) is 7.39. The van der Waals surface area contributed by atoms with Crippen molar-refractivity contribution in [2.24, 2.45) is 5.92 Å². The van der Waals surface area contributed by atoms with Gasteiger partial charge in [-0.15, -0.1) is 0 Å². The second-order valence-electron chi connectivity index (χ2n) is 8.51. The predicted molar refractivity (Wildman–Crippen MR) is 132 cm³/mol. The Hall–Kier alpha value is -2.78. The van der Waals surface area contributed by atoms with E-state index in [2.05, 4.69) is 34.2 Å². The highest BCUT2D eigenvalue weighted by molar-refractivity contribution is 7.19. The maximum Gasteiger partial charge on any atom is 0.203 e. The van der Waals surface area contributed by atoms with E-state index >= 15 is 0 Å². The summed E-state index contributed by atoms with van der Waals surface area (Å²) < 4.78 is 18.4. The monoisotopic (exact) mass is 471 g/mol. The zero-order chi connectivity index (χ0) is 23.4. The molecule has 1 fully saturated rings. The second kappa shape index (κ2) is 10.4. The zero-order valence-corrected chi connectivity index (χ0v) is 20.9. The smallest absolute Gasteiger partial charge is 0.203 e. The number of nitrogens with one attached hydrogen (secondary N) is 1. The third kappa shape index (κ3) is 5.42. The van der Waals surface area contributed by atoms with Crippen LogP contribution < -0.4 is 19.5 Å². The number of hydrogen-bond acceptors (Lipinski definition) is 8. The van der Waals surface area contributed by atoms with Crippen molar-refractivity contribution in [1.29, 1.82) is 0 Å². The average molecular weight is 472 g/mol. The number of aromatic nitrogens is 3. The van der Waals surface area contributed by atoms with Crippen molar-refractivity contribution in [1.82, 2.24) is 19.7 Å². The predicted octanol–water partition coefficient (Wildman–Crippen LogP) is 4.29. The summed E-state index contributed by atoms with van der Waals surface area (Å²) in [5, 5.41) is 9.14. The molecule has 3 heterocycles. The number of piperidine rings is 1. The molecule has 4 rings (SSSR count). The minimum absolute atomic E-state index is 0.589. The molecule has 0 radical (unpaired) electrons. The molecule has 1 aromatic carbocycles. The largest absolute Gasteiger partial charge is 0.493 e. The molecule has 1 atom stereocenters. The summed E-state index contributed by atoms with van der Waals surface area (Å²) in [4.78, 5) is 8.23. The Balaban J connectivity index is 1.43. The molecule has 9 heteroatoms. The first kappa shape index (κ1) is 23.4. The van der Waals surface area contributed by atoms with Gasteiger partial charge >= 0.3 is 0 Å². The van der Waals surface area contributed by atoms with E-state index in [1.807, 2.05) is 19.1 Å². The fraction of sp³-hybridized carbons (Fsp3) is 0.500. The van der Waals surface area contributed by atoms with Crippen molar-refractivity contribution >= 4 is 16.5 Å². The molecule has 33 heavy (non-hydrogen) atoms. The highest BCUT2D eigenvalue weighted by atomic mass is 32.1. The summed E-state index contributed by atoms with van der Waals surface area (Å²) in [6, 6.07) is 5.98. The maximum atomic E-state index is 5.46. The summed E-state index contributed by atoms with van der Waals surface area (Å²) in [6.45, 7) is 5.93. The number of benzene rings is 1. The second-order valence-corrected chi connectivity index (χ2v) is 9.51. The molecule has 1 saturated heterocycles. The van der Waals surface area contributed by atoms with E-state index in [0.29, 0.717) is 29.7 Å². The highest BCUT2D eigenvalue weighted by Gasteiger charge is 2.19. The zero-order valence-electron chi connectivity index (χ0n) is 20.1. The molecule has 0 aliphatic carbocycles. The van der Waals surface area contributed by atoms with E-state index in [-0.39, 0.29) is 0 Å². The van der Waals surface area contributed by atoms with Gasteiger partial charge in [0.05, 0.1) is 31.9 Å².